The third-order valence-corrected chi connectivity index (χ3v) is 3.29. The highest BCUT2D eigenvalue weighted by molar-refractivity contribution is 5.85. The lowest BCUT2D eigenvalue weighted by atomic mass is 9.91. The molecule has 0 radical (unpaired) electrons. The number of halogens is 1. The number of likely N-dealkylation sites (tertiary alicyclic amines) is 1. The third-order valence-electron chi connectivity index (χ3n) is 3.29. The van der Waals surface area contributed by atoms with Crippen LogP contribution in [0.2, 0.25) is 0 Å². The van der Waals surface area contributed by atoms with E-state index < -0.39 is 0 Å². The van der Waals surface area contributed by atoms with Crippen LogP contribution in [0.5, 0.6) is 0 Å². The Balaban J connectivity index is 0.000000980. The molecule has 0 aromatic heterocycles. The van der Waals surface area contributed by atoms with Crippen LogP contribution in [-0.4, -0.2) is 29.4 Å². The minimum absolute atomic E-state index is 0. The fourth-order valence-corrected chi connectivity index (χ4v) is 2.47. The zero-order chi connectivity index (χ0) is 9.26. The van der Waals surface area contributed by atoms with Gasteiger partial charge in [-0.25, -0.2) is 0 Å². The third kappa shape index (κ3) is 2.39. The summed E-state index contributed by atoms with van der Waals surface area (Å²) in [7, 11) is 0. The normalized spacial score (nSPS) is 32.9. The lowest BCUT2D eigenvalue weighted by Gasteiger charge is -2.33. The summed E-state index contributed by atoms with van der Waals surface area (Å²) in [4.78, 5) is 13.5. The van der Waals surface area contributed by atoms with Crippen molar-refractivity contribution in [3.05, 3.63) is 0 Å². The van der Waals surface area contributed by atoms with Crippen molar-refractivity contribution in [2.24, 2.45) is 5.73 Å². The van der Waals surface area contributed by atoms with Gasteiger partial charge in [0.1, 0.15) is 0 Å². The van der Waals surface area contributed by atoms with E-state index in [-0.39, 0.29) is 12.4 Å². The van der Waals surface area contributed by atoms with Crippen molar-refractivity contribution in [2.75, 3.05) is 6.54 Å². The molecule has 0 spiro atoms. The standard InChI is InChI=1S/C10H18N2O.ClH/c11-8-3-5-9(6-4-8)12-7-1-2-10(12)13;/h8-9H,1-7,11H2;1H. The van der Waals surface area contributed by atoms with Gasteiger partial charge >= 0.3 is 0 Å². The van der Waals surface area contributed by atoms with Gasteiger partial charge in [-0.15, -0.1) is 12.4 Å². The number of hydrogen-bond donors (Lipinski definition) is 1. The summed E-state index contributed by atoms with van der Waals surface area (Å²) in [5.41, 5.74) is 5.83. The van der Waals surface area contributed by atoms with Gasteiger partial charge in [0, 0.05) is 25.0 Å². The maximum absolute atomic E-state index is 11.4. The molecular weight excluding hydrogens is 200 g/mol. The molecule has 1 aliphatic heterocycles. The van der Waals surface area contributed by atoms with Gasteiger partial charge in [-0.3, -0.25) is 4.79 Å². The van der Waals surface area contributed by atoms with E-state index in [1.165, 1.54) is 0 Å². The van der Waals surface area contributed by atoms with Crippen LogP contribution >= 0.6 is 12.4 Å². The molecule has 0 bridgehead atoms. The number of rotatable bonds is 1. The zero-order valence-electron chi connectivity index (χ0n) is 8.45. The van der Waals surface area contributed by atoms with E-state index >= 15 is 0 Å². The van der Waals surface area contributed by atoms with E-state index in [2.05, 4.69) is 4.90 Å². The molecule has 1 saturated heterocycles. The van der Waals surface area contributed by atoms with E-state index in [4.69, 9.17) is 5.73 Å². The van der Waals surface area contributed by atoms with Crippen molar-refractivity contribution in [2.45, 2.75) is 50.6 Å². The van der Waals surface area contributed by atoms with Crippen molar-refractivity contribution < 1.29 is 4.79 Å². The van der Waals surface area contributed by atoms with Gasteiger partial charge in [-0.05, 0) is 32.1 Å². The molecule has 2 N–H and O–H groups in total. The monoisotopic (exact) mass is 218 g/mol. The summed E-state index contributed by atoms with van der Waals surface area (Å²) < 4.78 is 0. The lowest BCUT2D eigenvalue weighted by molar-refractivity contribution is -0.130. The predicted molar refractivity (Wildman–Crippen MR) is 58.4 cm³/mol. The second-order valence-corrected chi connectivity index (χ2v) is 4.26. The number of nitrogens with zero attached hydrogens (tertiary/aromatic N) is 1. The molecule has 3 nitrogen and oxygen atoms in total. The number of hydrogen-bond acceptors (Lipinski definition) is 2. The van der Waals surface area contributed by atoms with Crippen molar-refractivity contribution in [1.29, 1.82) is 0 Å². The Morgan fingerprint density at radius 2 is 1.86 bits per heavy atom. The first-order valence-corrected chi connectivity index (χ1v) is 5.32. The Morgan fingerprint density at radius 1 is 1.21 bits per heavy atom. The summed E-state index contributed by atoms with van der Waals surface area (Å²) in [5, 5.41) is 0. The summed E-state index contributed by atoms with van der Waals surface area (Å²) in [6.07, 6.45) is 6.24. The highest BCUT2D eigenvalue weighted by atomic mass is 35.5. The molecule has 4 heteroatoms. The maximum atomic E-state index is 11.4. The number of carbonyl (C=O) groups is 1. The van der Waals surface area contributed by atoms with E-state index in [1.54, 1.807) is 0 Å². The Kier molecular flexibility index (Phi) is 4.20. The molecule has 2 rings (SSSR count). The molecule has 0 aromatic carbocycles. The SMILES string of the molecule is Cl.NC1CCC(N2CCCC2=O)CC1. The smallest absolute Gasteiger partial charge is 0.222 e. The minimum atomic E-state index is 0. The minimum Gasteiger partial charge on any atom is -0.340 e. The van der Waals surface area contributed by atoms with E-state index in [0.29, 0.717) is 18.0 Å². The molecule has 1 aliphatic carbocycles. The highest BCUT2D eigenvalue weighted by Crippen LogP contribution is 2.25. The molecule has 2 aliphatic rings. The summed E-state index contributed by atoms with van der Waals surface area (Å²) in [6, 6.07) is 0.892. The maximum Gasteiger partial charge on any atom is 0.222 e. The average molecular weight is 219 g/mol. The number of nitrogens with two attached hydrogens (primary N) is 1. The first kappa shape index (κ1) is 11.8. The lowest BCUT2D eigenvalue weighted by Crippen LogP contribution is -2.41. The van der Waals surface area contributed by atoms with Crippen molar-refractivity contribution in [1.82, 2.24) is 4.90 Å². The summed E-state index contributed by atoms with van der Waals surface area (Å²) in [6.45, 7) is 0.985. The van der Waals surface area contributed by atoms with Gasteiger partial charge in [0.15, 0.2) is 0 Å². The van der Waals surface area contributed by atoms with Crippen molar-refractivity contribution >= 4 is 18.3 Å². The van der Waals surface area contributed by atoms with Crippen LogP contribution in [-0.2, 0) is 4.79 Å². The van der Waals surface area contributed by atoms with Crippen LogP contribution in [0.15, 0.2) is 0 Å². The molecule has 82 valence electrons. The first-order chi connectivity index (χ1) is 6.27. The second kappa shape index (κ2) is 4.99. The fraction of sp³-hybridized carbons (Fsp3) is 0.900. The van der Waals surface area contributed by atoms with Crippen LogP contribution in [0.1, 0.15) is 38.5 Å². The van der Waals surface area contributed by atoms with Crippen LogP contribution in [0.4, 0.5) is 0 Å². The summed E-state index contributed by atoms with van der Waals surface area (Å²) >= 11 is 0. The summed E-state index contributed by atoms with van der Waals surface area (Å²) in [5.74, 6) is 0.362. The largest absolute Gasteiger partial charge is 0.340 e. The van der Waals surface area contributed by atoms with Gasteiger partial charge in [-0.2, -0.15) is 0 Å². The van der Waals surface area contributed by atoms with E-state index in [1.807, 2.05) is 0 Å². The van der Waals surface area contributed by atoms with Crippen molar-refractivity contribution in [3.8, 4) is 0 Å². The van der Waals surface area contributed by atoms with Gasteiger partial charge in [0.05, 0.1) is 0 Å². The molecule has 1 saturated carbocycles. The van der Waals surface area contributed by atoms with Crippen LogP contribution in [0, 0.1) is 0 Å². The molecule has 1 heterocycles. The van der Waals surface area contributed by atoms with Gasteiger partial charge in [-0.1, -0.05) is 0 Å². The van der Waals surface area contributed by atoms with Crippen LogP contribution in [0.3, 0.4) is 0 Å². The molecular formula is C10H19ClN2O. The van der Waals surface area contributed by atoms with E-state index in [0.717, 1.165) is 45.1 Å². The Hall–Kier alpha value is -0.280. The molecule has 14 heavy (non-hydrogen) atoms. The number of carbonyl (C=O) groups excluding carboxylic acids is 1. The topological polar surface area (TPSA) is 46.3 Å². The Morgan fingerprint density at radius 3 is 2.36 bits per heavy atom. The Labute approximate surface area is 91.4 Å². The quantitative estimate of drug-likeness (QED) is 0.721. The van der Waals surface area contributed by atoms with Crippen LogP contribution in [0.25, 0.3) is 0 Å². The predicted octanol–water partition coefficient (Wildman–Crippen LogP) is 1.30. The van der Waals surface area contributed by atoms with Crippen molar-refractivity contribution in [3.63, 3.8) is 0 Å². The van der Waals surface area contributed by atoms with Gasteiger partial charge in [0.25, 0.3) is 0 Å². The highest BCUT2D eigenvalue weighted by Gasteiger charge is 2.30. The Bertz CT molecular complexity index is 202. The van der Waals surface area contributed by atoms with E-state index in [9.17, 15) is 4.79 Å². The van der Waals surface area contributed by atoms with Gasteiger partial charge < -0.3 is 10.6 Å². The molecule has 0 unspecified atom stereocenters. The fourth-order valence-electron chi connectivity index (χ4n) is 2.47. The van der Waals surface area contributed by atoms with Crippen LogP contribution < -0.4 is 5.73 Å². The zero-order valence-corrected chi connectivity index (χ0v) is 9.26. The number of amides is 1. The molecule has 1 amide bonds. The first-order valence-electron chi connectivity index (χ1n) is 5.32. The molecule has 0 aromatic rings. The average Bonchev–Trinajstić information content (AvgIpc) is 2.53. The van der Waals surface area contributed by atoms with Gasteiger partial charge in [0.2, 0.25) is 5.91 Å². The molecule has 0 atom stereocenters. The molecule has 2 fully saturated rings. The second-order valence-electron chi connectivity index (χ2n) is 4.26.